The Morgan fingerprint density at radius 2 is 1.77 bits per heavy atom. The number of hydroxylamine groups is 1. The van der Waals surface area contributed by atoms with E-state index in [2.05, 4.69) is 4.99 Å². The van der Waals surface area contributed by atoms with Crippen molar-refractivity contribution in [3.05, 3.63) is 54.3 Å². The van der Waals surface area contributed by atoms with Crippen molar-refractivity contribution in [1.82, 2.24) is 14.7 Å². The number of rotatable bonds is 9. The molecule has 3 rings (SSSR count). The van der Waals surface area contributed by atoms with Gasteiger partial charge < -0.3 is 4.74 Å². The molecular formula is C21H20ClFN4O7S. The predicted octanol–water partition coefficient (Wildman–Crippen LogP) is 2.49. The first-order valence-corrected chi connectivity index (χ1v) is 11.9. The number of urea groups is 1. The average Bonchev–Trinajstić information content (AvgIpc) is 2.82. The molecule has 186 valence electrons. The number of carbonyl (C=O) groups excluding carboxylic acids is 3. The Morgan fingerprint density at radius 1 is 1.20 bits per heavy atom. The number of hydrogen-bond donors (Lipinski definition) is 2. The zero-order chi connectivity index (χ0) is 25.8. The normalized spacial score (nSPS) is 15.1. The third-order valence-electron chi connectivity index (χ3n) is 5.07. The molecule has 0 radical (unpaired) electrons. The second-order valence-electron chi connectivity index (χ2n) is 7.32. The maximum atomic E-state index is 13.1. The molecule has 0 aromatic heterocycles. The number of hydrogen-bond acceptors (Lipinski definition) is 7. The lowest BCUT2D eigenvalue weighted by atomic mass is 10.2. The highest BCUT2D eigenvalue weighted by atomic mass is 35.5. The molecule has 2 N–H and O–H groups in total. The van der Waals surface area contributed by atoms with E-state index in [-0.39, 0.29) is 35.2 Å². The maximum absolute atomic E-state index is 13.1. The summed E-state index contributed by atoms with van der Waals surface area (Å²) >= 11 is 5.62. The van der Waals surface area contributed by atoms with Gasteiger partial charge in [0.15, 0.2) is 0 Å². The van der Waals surface area contributed by atoms with Crippen molar-refractivity contribution in [2.45, 2.75) is 23.8 Å². The number of nitrogens with one attached hydrogen (secondary N) is 1. The van der Waals surface area contributed by atoms with Crippen LogP contribution in [0.25, 0.3) is 0 Å². The first kappa shape index (κ1) is 26.2. The molecule has 2 aromatic carbocycles. The first-order valence-electron chi connectivity index (χ1n) is 10.1. The largest absolute Gasteiger partial charge is 0.457 e. The molecule has 4 amide bonds. The number of amides is 4. The number of likely N-dealkylation sites (N-methyl/N-ethyl adjacent to an activating group) is 1. The smallest absolute Gasteiger partial charge is 0.351 e. The number of imide groups is 1. The number of nitrogens with zero attached hydrogens (tertiary/aromatic N) is 3. The van der Waals surface area contributed by atoms with Crippen LogP contribution in [0.2, 0.25) is 0 Å². The summed E-state index contributed by atoms with van der Waals surface area (Å²) in [6, 6.07) is 8.06. The topological polar surface area (TPSA) is 146 Å². The van der Waals surface area contributed by atoms with Crippen molar-refractivity contribution < 1.29 is 37.1 Å². The molecule has 0 saturated heterocycles. The quantitative estimate of drug-likeness (QED) is 0.377. The van der Waals surface area contributed by atoms with Gasteiger partial charge in [0, 0.05) is 13.6 Å². The van der Waals surface area contributed by atoms with E-state index in [0.29, 0.717) is 10.1 Å². The summed E-state index contributed by atoms with van der Waals surface area (Å²) in [4.78, 5) is 40.3. The minimum absolute atomic E-state index is 0.174. The van der Waals surface area contributed by atoms with Crippen molar-refractivity contribution in [2.24, 2.45) is 4.99 Å². The van der Waals surface area contributed by atoms with Gasteiger partial charge in [0.25, 0.3) is 5.91 Å². The van der Waals surface area contributed by atoms with Crippen molar-refractivity contribution in [1.29, 1.82) is 0 Å². The number of aliphatic imine (C=N–C) groups is 1. The van der Waals surface area contributed by atoms with Gasteiger partial charge in [-0.1, -0.05) is 11.6 Å². The summed E-state index contributed by atoms with van der Waals surface area (Å²) in [5.41, 5.74) is 1.40. The molecule has 11 nitrogen and oxygen atoms in total. The van der Waals surface area contributed by atoms with E-state index in [0.717, 1.165) is 11.9 Å². The second kappa shape index (κ2) is 10.9. The van der Waals surface area contributed by atoms with Crippen molar-refractivity contribution >= 4 is 44.6 Å². The van der Waals surface area contributed by atoms with E-state index in [4.69, 9.17) is 21.5 Å². The molecule has 35 heavy (non-hydrogen) atoms. The van der Waals surface area contributed by atoms with Gasteiger partial charge in [-0.05, 0) is 55.0 Å². The lowest BCUT2D eigenvalue weighted by molar-refractivity contribution is -0.134. The SMILES string of the molecule is CN(C(CCN1C(=O)CC(Cl)=NC1=O)C(=O)NO)S(=O)(=O)c1ccc(Oc2ccc(F)cc2)cc1. The maximum Gasteiger partial charge on any atom is 0.351 e. The van der Waals surface area contributed by atoms with E-state index in [1.54, 1.807) is 0 Å². The first-order chi connectivity index (χ1) is 16.5. The van der Waals surface area contributed by atoms with Crippen LogP contribution in [0.15, 0.2) is 58.4 Å². The van der Waals surface area contributed by atoms with Crippen LogP contribution in [-0.2, 0) is 19.6 Å². The van der Waals surface area contributed by atoms with Crippen LogP contribution in [0, 0.1) is 5.82 Å². The molecule has 1 aliphatic rings. The highest BCUT2D eigenvalue weighted by molar-refractivity contribution is 7.89. The number of sulfonamides is 1. The monoisotopic (exact) mass is 526 g/mol. The van der Waals surface area contributed by atoms with Crippen LogP contribution in [0.3, 0.4) is 0 Å². The molecule has 14 heteroatoms. The summed E-state index contributed by atoms with van der Waals surface area (Å²) in [5.74, 6) is -1.53. The molecule has 1 heterocycles. The van der Waals surface area contributed by atoms with Crippen molar-refractivity contribution in [3.8, 4) is 11.5 Å². The fourth-order valence-corrected chi connectivity index (χ4v) is 4.74. The molecule has 0 saturated carbocycles. The molecular weight excluding hydrogens is 507 g/mol. The Balaban J connectivity index is 1.75. The van der Waals surface area contributed by atoms with Gasteiger partial charge in [-0.15, -0.1) is 0 Å². The number of halogens is 2. The van der Waals surface area contributed by atoms with Gasteiger partial charge >= 0.3 is 6.03 Å². The summed E-state index contributed by atoms with van der Waals surface area (Å²) < 4.78 is 45.5. The van der Waals surface area contributed by atoms with Crippen LogP contribution in [0.1, 0.15) is 12.8 Å². The van der Waals surface area contributed by atoms with Gasteiger partial charge in [0.1, 0.15) is 28.5 Å². The van der Waals surface area contributed by atoms with E-state index < -0.39 is 39.7 Å². The molecule has 1 unspecified atom stereocenters. The van der Waals surface area contributed by atoms with Gasteiger partial charge in [-0.25, -0.2) is 23.1 Å². The van der Waals surface area contributed by atoms with Crippen LogP contribution in [-0.4, -0.2) is 65.5 Å². The van der Waals surface area contributed by atoms with Gasteiger partial charge in [0.05, 0.1) is 11.3 Å². The predicted molar refractivity (Wildman–Crippen MR) is 121 cm³/mol. The Bertz CT molecular complexity index is 1250. The van der Waals surface area contributed by atoms with Crippen molar-refractivity contribution in [2.75, 3.05) is 13.6 Å². The minimum Gasteiger partial charge on any atom is -0.457 e. The van der Waals surface area contributed by atoms with Gasteiger partial charge in [-0.2, -0.15) is 9.30 Å². The molecule has 0 spiro atoms. The summed E-state index contributed by atoms with van der Waals surface area (Å²) in [7, 11) is -3.14. The molecule has 1 atom stereocenters. The second-order valence-corrected chi connectivity index (χ2v) is 9.76. The Morgan fingerprint density at radius 3 is 2.31 bits per heavy atom. The average molecular weight is 527 g/mol. The third kappa shape index (κ3) is 6.19. The Labute approximate surface area is 204 Å². The van der Waals surface area contributed by atoms with Crippen LogP contribution >= 0.6 is 11.6 Å². The fraction of sp³-hybridized carbons (Fsp3) is 0.238. The number of carbonyl (C=O) groups is 3. The van der Waals surface area contributed by atoms with Crippen LogP contribution < -0.4 is 10.2 Å². The Kier molecular flexibility index (Phi) is 8.17. The van der Waals surface area contributed by atoms with E-state index in [9.17, 15) is 27.2 Å². The highest BCUT2D eigenvalue weighted by Crippen LogP contribution is 2.25. The zero-order valence-corrected chi connectivity index (χ0v) is 19.8. The van der Waals surface area contributed by atoms with Crippen LogP contribution in [0.4, 0.5) is 9.18 Å². The molecule has 0 aliphatic carbocycles. The van der Waals surface area contributed by atoms with E-state index in [1.165, 1.54) is 54.0 Å². The standard InChI is InChI=1S/C21H20ClFN4O7S/c1-26(17(20(29)25-31)10-11-27-19(28)12-18(22)24-21(27)30)35(32,33)16-8-6-15(7-9-16)34-14-4-2-13(23)3-5-14/h2-9,17,31H,10-12H2,1H3,(H,25,29). The molecule has 1 aliphatic heterocycles. The Hall–Kier alpha value is -3.39. The number of benzene rings is 2. The highest BCUT2D eigenvalue weighted by Gasteiger charge is 2.35. The summed E-state index contributed by atoms with van der Waals surface area (Å²) in [6.07, 6.45) is -0.622. The minimum atomic E-state index is -4.26. The number of ether oxygens (including phenoxy) is 1. The molecule has 2 aromatic rings. The lowest BCUT2D eigenvalue weighted by Crippen LogP contribution is -2.49. The third-order valence-corrected chi connectivity index (χ3v) is 7.17. The zero-order valence-electron chi connectivity index (χ0n) is 18.2. The van der Waals surface area contributed by atoms with Gasteiger partial charge in [0.2, 0.25) is 15.9 Å². The van der Waals surface area contributed by atoms with E-state index in [1.807, 2.05) is 0 Å². The van der Waals surface area contributed by atoms with Gasteiger partial charge in [-0.3, -0.25) is 19.7 Å². The molecule has 0 bridgehead atoms. The van der Waals surface area contributed by atoms with E-state index >= 15 is 0 Å². The molecule has 0 fully saturated rings. The summed E-state index contributed by atoms with van der Waals surface area (Å²) in [5, 5.41) is 8.94. The fourth-order valence-electron chi connectivity index (χ4n) is 3.21. The lowest BCUT2D eigenvalue weighted by Gasteiger charge is -2.28. The summed E-state index contributed by atoms with van der Waals surface area (Å²) in [6.45, 7) is -0.340. The van der Waals surface area contributed by atoms with Crippen molar-refractivity contribution in [3.63, 3.8) is 0 Å². The van der Waals surface area contributed by atoms with Crippen LogP contribution in [0.5, 0.6) is 11.5 Å².